The third-order valence-corrected chi connectivity index (χ3v) is 5.64. The number of carbonyl (C=O) groups is 1. The number of carbonyl (C=O) groups excluding carboxylic acids is 1. The number of aryl methyl sites for hydroxylation is 1. The molecular formula is C23H24ClN5O. The molecule has 1 amide bonds. The van der Waals surface area contributed by atoms with Gasteiger partial charge >= 0.3 is 0 Å². The van der Waals surface area contributed by atoms with Crippen LogP contribution in [0.25, 0.3) is 0 Å². The highest BCUT2D eigenvalue weighted by Crippen LogP contribution is 2.30. The van der Waals surface area contributed by atoms with Crippen LogP contribution in [0, 0.1) is 6.92 Å². The fourth-order valence-electron chi connectivity index (χ4n) is 3.80. The molecular weight excluding hydrogens is 398 g/mol. The Morgan fingerprint density at radius 2 is 1.93 bits per heavy atom. The molecule has 0 saturated carbocycles. The van der Waals surface area contributed by atoms with E-state index in [1.807, 2.05) is 31.5 Å². The van der Waals surface area contributed by atoms with Crippen LogP contribution >= 0.6 is 11.6 Å². The Morgan fingerprint density at radius 3 is 2.67 bits per heavy atom. The Morgan fingerprint density at radius 1 is 1.17 bits per heavy atom. The first-order valence-corrected chi connectivity index (χ1v) is 10.5. The van der Waals surface area contributed by atoms with Crippen molar-refractivity contribution in [2.45, 2.75) is 38.8 Å². The molecule has 0 radical (unpaired) electrons. The molecule has 7 heteroatoms. The SMILES string of the molecule is Cc1nc([C@@H]2CCCCN2Cc2ccncc2)ncc1C(=O)Nc1ccc(Cl)cc1. The maximum absolute atomic E-state index is 12.7. The molecule has 1 aliphatic heterocycles. The first kappa shape index (κ1) is 20.4. The van der Waals surface area contributed by atoms with E-state index in [1.54, 1.807) is 30.5 Å². The first-order valence-electron chi connectivity index (χ1n) is 10.1. The highest BCUT2D eigenvalue weighted by Gasteiger charge is 2.27. The summed E-state index contributed by atoms with van der Waals surface area (Å²) in [6.07, 6.45) is 8.62. The van der Waals surface area contributed by atoms with Gasteiger partial charge in [0.15, 0.2) is 0 Å². The minimum atomic E-state index is -0.223. The molecule has 1 saturated heterocycles. The molecule has 1 N–H and O–H groups in total. The molecule has 30 heavy (non-hydrogen) atoms. The number of nitrogens with zero attached hydrogens (tertiary/aromatic N) is 4. The fourth-order valence-corrected chi connectivity index (χ4v) is 3.92. The van der Waals surface area contributed by atoms with Crippen LogP contribution in [0.5, 0.6) is 0 Å². The van der Waals surface area contributed by atoms with E-state index in [-0.39, 0.29) is 11.9 Å². The fraction of sp³-hybridized carbons (Fsp3) is 0.304. The molecule has 1 atom stereocenters. The number of likely N-dealkylation sites (tertiary alicyclic amines) is 1. The number of nitrogens with one attached hydrogen (secondary N) is 1. The highest BCUT2D eigenvalue weighted by molar-refractivity contribution is 6.30. The van der Waals surface area contributed by atoms with E-state index in [4.69, 9.17) is 16.6 Å². The molecule has 0 spiro atoms. The number of hydrogen-bond donors (Lipinski definition) is 1. The number of aromatic nitrogens is 3. The molecule has 1 aliphatic rings. The summed E-state index contributed by atoms with van der Waals surface area (Å²) in [7, 11) is 0. The molecule has 2 aromatic heterocycles. The van der Waals surface area contributed by atoms with Crippen molar-refractivity contribution in [2.24, 2.45) is 0 Å². The smallest absolute Gasteiger partial charge is 0.259 e. The van der Waals surface area contributed by atoms with E-state index >= 15 is 0 Å². The lowest BCUT2D eigenvalue weighted by Gasteiger charge is -2.34. The van der Waals surface area contributed by atoms with Gasteiger partial charge in [-0.3, -0.25) is 14.7 Å². The van der Waals surface area contributed by atoms with Crippen molar-refractivity contribution >= 4 is 23.2 Å². The number of hydrogen-bond acceptors (Lipinski definition) is 5. The summed E-state index contributed by atoms with van der Waals surface area (Å²) in [6, 6.07) is 11.3. The van der Waals surface area contributed by atoms with E-state index in [0.717, 1.165) is 31.8 Å². The molecule has 1 aromatic carbocycles. The molecule has 1 fully saturated rings. The van der Waals surface area contributed by atoms with E-state index < -0.39 is 0 Å². The third-order valence-electron chi connectivity index (χ3n) is 5.39. The predicted octanol–water partition coefficient (Wildman–Crippen LogP) is 4.81. The van der Waals surface area contributed by atoms with Crippen LogP contribution < -0.4 is 5.32 Å². The molecule has 154 valence electrons. The molecule has 0 unspecified atom stereocenters. The van der Waals surface area contributed by atoms with E-state index in [1.165, 1.54) is 12.0 Å². The monoisotopic (exact) mass is 421 g/mol. The number of benzene rings is 1. The van der Waals surface area contributed by atoms with Gasteiger partial charge in [0.1, 0.15) is 5.82 Å². The largest absolute Gasteiger partial charge is 0.322 e. The number of anilines is 1. The zero-order valence-electron chi connectivity index (χ0n) is 16.9. The van der Waals surface area contributed by atoms with Gasteiger partial charge in [-0.1, -0.05) is 18.0 Å². The normalized spacial score (nSPS) is 16.9. The van der Waals surface area contributed by atoms with Crippen molar-refractivity contribution in [1.29, 1.82) is 0 Å². The second-order valence-electron chi connectivity index (χ2n) is 7.53. The molecule has 3 aromatic rings. The summed E-state index contributed by atoms with van der Waals surface area (Å²) in [4.78, 5) is 28.5. The number of pyridine rings is 1. The second kappa shape index (κ2) is 9.32. The number of halogens is 1. The summed E-state index contributed by atoms with van der Waals surface area (Å²) in [5, 5.41) is 3.50. The van der Waals surface area contributed by atoms with Crippen molar-refractivity contribution in [2.75, 3.05) is 11.9 Å². The van der Waals surface area contributed by atoms with Crippen LogP contribution in [0.3, 0.4) is 0 Å². The second-order valence-corrected chi connectivity index (χ2v) is 7.96. The lowest BCUT2D eigenvalue weighted by atomic mass is 10.00. The highest BCUT2D eigenvalue weighted by atomic mass is 35.5. The molecule has 3 heterocycles. The average Bonchev–Trinajstić information content (AvgIpc) is 2.76. The van der Waals surface area contributed by atoms with Gasteiger partial charge in [-0.2, -0.15) is 0 Å². The summed E-state index contributed by atoms with van der Waals surface area (Å²) in [6.45, 7) is 3.71. The molecule has 0 aliphatic carbocycles. The summed E-state index contributed by atoms with van der Waals surface area (Å²) < 4.78 is 0. The Hall–Kier alpha value is -2.83. The van der Waals surface area contributed by atoms with E-state index in [2.05, 4.69) is 20.2 Å². The average molecular weight is 422 g/mol. The quantitative estimate of drug-likeness (QED) is 0.639. The van der Waals surface area contributed by atoms with Crippen LogP contribution in [0.2, 0.25) is 5.02 Å². The summed E-state index contributed by atoms with van der Waals surface area (Å²) in [5.74, 6) is 0.558. The number of piperidine rings is 1. The minimum absolute atomic E-state index is 0.152. The van der Waals surface area contributed by atoms with Crippen molar-refractivity contribution < 1.29 is 4.79 Å². The number of amides is 1. The maximum atomic E-state index is 12.7. The lowest BCUT2D eigenvalue weighted by molar-refractivity contribution is 0.102. The van der Waals surface area contributed by atoms with Crippen molar-refractivity contribution in [3.8, 4) is 0 Å². The van der Waals surface area contributed by atoms with Gasteiger partial charge in [0, 0.05) is 35.8 Å². The van der Waals surface area contributed by atoms with Crippen LogP contribution in [0.15, 0.2) is 55.0 Å². The zero-order chi connectivity index (χ0) is 20.9. The first-order chi connectivity index (χ1) is 14.6. The van der Waals surface area contributed by atoms with Gasteiger partial charge in [0.2, 0.25) is 0 Å². The molecule has 0 bridgehead atoms. The van der Waals surface area contributed by atoms with Gasteiger partial charge in [0.25, 0.3) is 5.91 Å². The number of rotatable bonds is 5. The summed E-state index contributed by atoms with van der Waals surface area (Å²) in [5.41, 5.74) is 3.07. The van der Waals surface area contributed by atoms with Gasteiger partial charge in [0.05, 0.1) is 17.3 Å². The minimum Gasteiger partial charge on any atom is -0.322 e. The van der Waals surface area contributed by atoms with Crippen LogP contribution in [0.4, 0.5) is 5.69 Å². The van der Waals surface area contributed by atoms with Gasteiger partial charge in [-0.25, -0.2) is 9.97 Å². The van der Waals surface area contributed by atoms with Gasteiger partial charge < -0.3 is 5.32 Å². The Kier molecular flexibility index (Phi) is 6.35. The van der Waals surface area contributed by atoms with Crippen LogP contribution in [-0.4, -0.2) is 32.3 Å². The van der Waals surface area contributed by atoms with E-state index in [9.17, 15) is 4.79 Å². The third kappa shape index (κ3) is 4.83. The lowest BCUT2D eigenvalue weighted by Crippen LogP contribution is -2.34. The Bertz CT molecular complexity index is 1010. The van der Waals surface area contributed by atoms with Gasteiger partial charge in [-0.05, 0) is 68.3 Å². The Balaban J connectivity index is 1.50. The maximum Gasteiger partial charge on any atom is 0.259 e. The van der Waals surface area contributed by atoms with Crippen molar-refractivity contribution in [3.05, 3.63) is 82.7 Å². The van der Waals surface area contributed by atoms with E-state index in [0.29, 0.717) is 22.0 Å². The van der Waals surface area contributed by atoms with Gasteiger partial charge in [-0.15, -0.1) is 0 Å². The topological polar surface area (TPSA) is 71.0 Å². The Labute approximate surface area is 181 Å². The predicted molar refractivity (Wildman–Crippen MR) is 117 cm³/mol. The van der Waals surface area contributed by atoms with Crippen molar-refractivity contribution in [3.63, 3.8) is 0 Å². The summed E-state index contributed by atoms with van der Waals surface area (Å²) >= 11 is 5.90. The van der Waals surface area contributed by atoms with Crippen LogP contribution in [-0.2, 0) is 6.54 Å². The van der Waals surface area contributed by atoms with Crippen molar-refractivity contribution in [1.82, 2.24) is 19.9 Å². The zero-order valence-corrected chi connectivity index (χ0v) is 17.6. The molecule has 4 rings (SSSR count). The molecule has 6 nitrogen and oxygen atoms in total. The van der Waals surface area contributed by atoms with Crippen LogP contribution in [0.1, 0.15) is 52.7 Å². The standard InChI is InChI=1S/C23H24ClN5O/c1-16-20(23(30)28-19-7-5-18(24)6-8-19)14-26-22(27-16)21-4-2-3-13-29(21)15-17-9-11-25-12-10-17/h5-12,14,21H,2-4,13,15H2,1H3,(H,28,30)/t21-/m0/s1.